The first-order chi connectivity index (χ1) is 9.75. The number of nitrogens with two attached hydrogens (primary N) is 1. The van der Waals surface area contributed by atoms with Gasteiger partial charge in [-0.2, -0.15) is 0 Å². The standard InChI is InChI=1S/C13H19N3O4S/c1-15(13(8-14)9-3-4-9)11-6-5-10(21(2,19)20)7-12(11)16(17)18/h5-7,9,13H,3-4,8,14H2,1-2H3. The van der Waals surface area contributed by atoms with Gasteiger partial charge in [0.15, 0.2) is 9.84 Å². The van der Waals surface area contributed by atoms with Crippen LogP contribution in [0.25, 0.3) is 0 Å². The fourth-order valence-corrected chi connectivity index (χ4v) is 3.15. The predicted molar refractivity (Wildman–Crippen MR) is 80.2 cm³/mol. The van der Waals surface area contributed by atoms with Gasteiger partial charge in [0.1, 0.15) is 5.69 Å². The lowest BCUT2D eigenvalue weighted by molar-refractivity contribution is -0.384. The van der Waals surface area contributed by atoms with Crippen molar-refractivity contribution in [3.05, 3.63) is 28.3 Å². The maximum absolute atomic E-state index is 11.5. The number of hydrogen-bond acceptors (Lipinski definition) is 6. The van der Waals surface area contributed by atoms with E-state index < -0.39 is 14.8 Å². The van der Waals surface area contributed by atoms with Gasteiger partial charge in [0.25, 0.3) is 5.69 Å². The third-order valence-electron chi connectivity index (χ3n) is 3.86. The summed E-state index contributed by atoms with van der Waals surface area (Å²) in [5.74, 6) is 0.453. The number of nitro benzene ring substituents is 1. The molecule has 0 amide bonds. The van der Waals surface area contributed by atoms with Gasteiger partial charge in [0, 0.05) is 32.0 Å². The lowest BCUT2D eigenvalue weighted by atomic mass is 10.1. The Morgan fingerprint density at radius 3 is 2.52 bits per heavy atom. The Balaban J connectivity index is 2.45. The molecule has 1 fully saturated rings. The molecule has 21 heavy (non-hydrogen) atoms. The van der Waals surface area contributed by atoms with Gasteiger partial charge in [-0.1, -0.05) is 0 Å². The normalized spacial score (nSPS) is 16.5. The average Bonchev–Trinajstić information content (AvgIpc) is 3.22. The highest BCUT2D eigenvalue weighted by atomic mass is 32.2. The van der Waals surface area contributed by atoms with Crippen LogP contribution < -0.4 is 10.6 Å². The molecule has 1 saturated carbocycles. The van der Waals surface area contributed by atoms with Gasteiger partial charge in [0.05, 0.1) is 9.82 Å². The molecule has 2 N–H and O–H groups in total. The van der Waals surface area contributed by atoms with Crippen LogP contribution in [0.4, 0.5) is 11.4 Å². The number of likely N-dealkylation sites (N-methyl/N-ethyl adjacent to an activating group) is 1. The molecule has 1 atom stereocenters. The summed E-state index contributed by atoms with van der Waals surface area (Å²) in [5.41, 5.74) is 5.96. The third kappa shape index (κ3) is 3.33. The molecule has 0 saturated heterocycles. The molecule has 1 unspecified atom stereocenters. The Kier molecular flexibility index (Phi) is 4.20. The van der Waals surface area contributed by atoms with Crippen molar-refractivity contribution in [2.24, 2.45) is 11.7 Å². The topological polar surface area (TPSA) is 107 Å². The van der Waals surface area contributed by atoms with Gasteiger partial charge in [-0.3, -0.25) is 10.1 Å². The van der Waals surface area contributed by atoms with E-state index in [1.165, 1.54) is 12.1 Å². The van der Waals surface area contributed by atoms with Crippen LogP contribution in [0.3, 0.4) is 0 Å². The number of nitrogens with zero attached hydrogens (tertiary/aromatic N) is 2. The summed E-state index contributed by atoms with van der Waals surface area (Å²) >= 11 is 0. The van der Waals surface area contributed by atoms with Crippen molar-refractivity contribution in [2.75, 3.05) is 24.7 Å². The van der Waals surface area contributed by atoms with E-state index in [9.17, 15) is 18.5 Å². The second kappa shape index (κ2) is 5.61. The summed E-state index contributed by atoms with van der Waals surface area (Å²) in [6.07, 6.45) is 3.17. The number of rotatable bonds is 6. The predicted octanol–water partition coefficient (Wildman–Crippen LogP) is 1.17. The zero-order valence-corrected chi connectivity index (χ0v) is 12.8. The minimum absolute atomic E-state index is 0.0350. The molecule has 0 heterocycles. The maximum atomic E-state index is 11.5. The van der Waals surface area contributed by atoms with Crippen LogP contribution in [0.5, 0.6) is 0 Å². The monoisotopic (exact) mass is 313 g/mol. The van der Waals surface area contributed by atoms with Gasteiger partial charge < -0.3 is 10.6 Å². The number of hydrogen-bond donors (Lipinski definition) is 1. The van der Waals surface area contributed by atoms with Crippen molar-refractivity contribution in [1.29, 1.82) is 0 Å². The molecule has 2 rings (SSSR count). The number of nitro groups is 1. The largest absolute Gasteiger partial charge is 0.365 e. The van der Waals surface area contributed by atoms with Crippen LogP contribution in [-0.2, 0) is 9.84 Å². The van der Waals surface area contributed by atoms with Crippen molar-refractivity contribution in [3.63, 3.8) is 0 Å². The van der Waals surface area contributed by atoms with Crippen LogP contribution in [0.1, 0.15) is 12.8 Å². The molecule has 7 nitrogen and oxygen atoms in total. The Morgan fingerprint density at radius 2 is 2.10 bits per heavy atom. The summed E-state index contributed by atoms with van der Waals surface area (Å²) in [5, 5.41) is 11.3. The molecular formula is C13H19N3O4S. The first kappa shape index (κ1) is 15.7. The Labute approximate surface area is 123 Å². The molecule has 8 heteroatoms. The lowest BCUT2D eigenvalue weighted by Gasteiger charge is -2.28. The zero-order valence-electron chi connectivity index (χ0n) is 12.0. The van der Waals surface area contributed by atoms with E-state index >= 15 is 0 Å². The van der Waals surface area contributed by atoms with Crippen molar-refractivity contribution >= 4 is 21.2 Å². The first-order valence-corrected chi connectivity index (χ1v) is 8.56. The number of anilines is 1. The molecule has 0 aliphatic heterocycles. The van der Waals surface area contributed by atoms with Gasteiger partial charge in [-0.25, -0.2) is 8.42 Å². The van der Waals surface area contributed by atoms with Gasteiger partial charge in [-0.15, -0.1) is 0 Å². The van der Waals surface area contributed by atoms with Gasteiger partial charge in [-0.05, 0) is 30.9 Å². The quantitative estimate of drug-likeness (QED) is 0.624. The molecule has 116 valence electrons. The van der Waals surface area contributed by atoms with Crippen molar-refractivity contribution in [3.8, 4) is 0 Å². The summed E-state index contributed by atoms with van der Waals surface area (Å²) in [6.45, 7) is 0.409. The second-order valence-electron chi connectivity index (χ2n) is 5.43. The van der Waals surface area contributed by atoms with E-state index in [0.717, 1.165) is 25.2 Å². The summed E-state index contributed by atoms with van der Waals surface area (Å²) in [7, 11) is -1.72. The SMILES string of the molecule is CN(c1ccc(S(C)(=O)=O)cc1[N+](=O)[O-])C(CN)C1CC1. The lowest BCUT2D eigenvalue weighted by Crippen LogP contribution is -2.40. The van der Waals surface area contributed by atoms with E-state index in [4.69, 9.17) is 5.73 Å². The van der Waals surface area contributed by atoms with Crippen LogP contribution in [-0.4, -0.2) is 39.2 Å². The summed E-state index contributed by atoms with van der Waals surface area (Å²) in [4.78, 5) is 12.4. The van der Waals surface area contributed by atoms with Crippen LogP contribution in [0.15, 0.2) is 23.1 Å². The van der Waals surface area contributed by atoms with Crippen molar-refractivity contribution < 1.29 is 13.3 Å². The van der Waals surface area contributed by atoms with Gasteiger partial charge >= 0.3 is 0 Å². The molecule has 0 bridgehead atoms. The highest BCUT2D eigenvalue weighted by molar-refractivity contribution is 7.90. The molecule has 0 spiro atoms. The Hall–Kier alpha value is -1.67. The molecule has 0 aromatic heterocycles. The average molecular weight is 313 g/mol. The van der Waals surface area contributed by atoms with E-state index in [1.54, 1.807) is 11.9 Å². The van der Waals surface area contributed by atoms with Crippen LogP contribution >= 0.6 is 0 Å². The molecule has 1 aromatic rings. The second-order valence-corrected chi connectivity index (χ2v) is 7.45. The van der Waals surface area contributed by atoms with Crippen LogP contribution in [0.2, 0.25) is 0 Å². The van der Waals surface area contributed by atoms with E-state index in [1.807, 2.05) is 0 Å². The van der Waals surface area contributed by atoms with E-state index in [0.29, 0.717) is 18.2 Å². The molecule has 0 radical (unpaired) electrons. The molecule has 1 aromatic carbocycles. The Bertz CT molecular complexity index is 655. The van der Waals surface area contributed by atoms with E-state index in [-0.39, 0.29) is 16.6 Å². The Morgan fingerprint density at radius 1 is 1.48 bits per heavy atom. The van der Waals surface area contributed by atoms with E-state index in [2.05, 4.69) is 0 Å². The fourth-order valence-electron chi connectivity index (χ4n) is 2.50. The minimum Gasteiger partial charge on any atom is -0.365 e. The molecule has 1 aliphatic rings. The maximum Gasteiger partial charge on any atom is 0.293 e. The summed E-state index contributed by atoms with van der Waals surface area (Å²) < 4.78 is 23.1. The number of benzene rings is 1. The minimum atomic E-state index is -3.48. The third-order valence-corrected chi connectivity index (χ3v) is 4.97. The summed E-state index contributed by atoms with van der Waals surface area (Å²) in [6, 6.07) is 4.03. The van der Waals surface area contributed by atoms with Crippen LogP contribution in [0, 0.1) is 16.0 Å². The fraction of sp³-hybridized carbons (Fsp3) is 0.538. The smallest absolute Gasteiger partial charge is 0.293 e. The highest BCUT2D eigenvalue weighted by Gasteiger charge is 2.35. The van der Waals surface area contributed by atoms with Gasteiger partial charge in [0.2, 0.25) is 0 Å². The number of sulfone groups is 1. The highest BCUT2D eigenvalue weighted by Crippen LogP contribution is 2.39. The zero-order chi connectivity index (χ0) is 15.8. The van der Waals surface area contributed by atoms with Crippen molar-refractivity contribution in [2.45, 2.75) is 23.8 Å². The molecular weight excluding hydrogens is 294 g/mol. The van der Waals surface area contributed by atoms with Crippen molar-refractivity contribution in [1.82, 2.24) is 0 Å². The molecule has 1 aliphatic carbocycles. The first-order valence-electron chi connectivity index (χ1n) is 6.67.